The topological polar surface area (TPSA) is 82.0 Å². The number of amides is 1. The Balaban J connectivity index is 1.13. The second-order valence-corrected chi connectivity index (χ2v) is 9.56. The van der Waals surface area contributed by atoms with Crippen molar-refractivity contribution in [1.29, 1.82) is 0 Å². The highest BCUT2D eigenvalue weighted by Crippen LogP contribution is 2.34. The molecule has 8 nitrogen and oxygen atoms in total. The summed E-state index contributed by atoms with van der Waals surface area (Å²) in [5.74, 6) is 1.45. The van der Waals surface area contributed by atoms with Crippen molar-refractivity contribution in [3.8, 4) is 11.5 Å². The molecule has 1 aromatic heterocycles. The maximum absolute atomic E-state index is 13.1. The number of piperidine rings is 1. The molecule has 0 radical (unpaired) electrons. The molecular weight excluding hydrogens is 434 g/mol. The number of aryl methyl sites for hydroxylation is 1. The minimum Gasteiger partial charge on any atom is -0.454 e. The molecule has 3 aliphatic heterocycles. The number of likely N-dealkylation sites (tertiary alicyclic amines) is 1. The van der Waals surface area contributed by atoms with Crippen LogP contribution in [-0.2, 0) is 16.1 Å². The molecule has 1 atom stereocenters. The lowest BCUT2D eigenvalue weighted by atomic mass is 9.95. The number of aromatic nitrogens is 1. The Morgan fingerprint density at radius 3 is 2.62 bits per heavy atom. The van der Waals surface area contributed by atoms with Crippen LogP contribution in [0, 0.1) is 19.8 Å². The van der Waals surface area contributed by atoms with E-state index in [4.69, 9.17) is 14.2 Å². The van der Waals surface area contributed by atoms with E-state index in [0.29, 0.717) is 23.7 Å². The Bertz CT molecular complexity index is 1060. The van der Waals surface area contributed by atoms with E-state index in [0.717, 1.165) is 68.9 Å². The number of nitrogens with one attached hydrogen (secondary N) is 1. The number of anilines is 1. The summed E-state index contributed by atoms with van der Waals surface area (Å²) in [6.07, 6.45) is 3.91. The predicted molar refractivity (Wildman–Crippen MR) is 128 cm³/mol. The highest BCUT2D eigenvalue weighted by Gasteiger charge is 2.28. The van der Waals surface area contributed by atoms with Gasteiger partial charge in [-0.1, -0.05) is 0 Å². The third-order valence-electron chi connectivity index (χ3n) is 7.25. The van der Waals surface area contributed by atoms with Gasteiger partial charge in [-0.2, -0.15) is 0 Å². The molecule has 0 saturated carbocycles. The van der Waals surface area contributed by atoms with Gasteiger partial charge in [0.1, 0.15) is 0 Å². The maximum Gasteiger partial charge on any atom is 0.231 e. The Morgan fingerprint density at radius 1 is 1.06 bits per heavy atom. The molecule has 2 saturated heterocycles. The molecular formula is C26H33N3O5. The van der Waals surface area contributed by atoms with Crippen molar-refractivity contribution >= 4 is 17.4 Å². The van der Waals surface area contributed by atoms with Crippen LogP contribution in [0.5, 0.6) is 11.5 Å². The number of carbonyl (C=O) groups excluding carboxylic acids is 2. The van der Waals surface area contributed by atoms with Gasteiger partial charge < -0.3 is 24.1 Å². The normalized spacial score (nSPS) is 20.6. The highest BCUT2D eigenvalue weighted by atomic mass is 16.7. The molecule has 1 N–H and O–H groups in total. The van der Waals surface area contributed by atoms with Crippen molar-refractivity contribution in [1.82, 2.24) is 9.47 Å². The molecule has 0 bridgehead atoms. The average Bonchev–Trinajstić information content (AvgIpc) is 3.57. The lowest BCUT2D eigenvalue weighted by Crippen LogP contribution is -2.40. The number of benzene rings is 1. The number of carbonyl (C=O) groups is 2. The SMILES string of the molecule is Cc1cc(C(=O)CN2CCC(C(=O)Nc3ccc4c(c3)OCO4)CC2)c(C)n1C[C@H]1CCCO1. The van der Waals surface area contributed by atoms with Crippen molar-refractivity contribution in [3.05, 3.63) is 41.2 Å². The molecule has 182 valence electrons. The van der Waals surface area contributed by atoms with Gasteiger partial charge in [0.05, 0.1) is 12.6 Å². The predicted octanol–water partition coefficient (Wildman–Crippen LogP) is 3.55. The fourth-order valence-electron chi connectivity index (χ4n) is 5.22. The third kappa shape index (κ3) is 4.83. The van der Waals surface area contributed by atoms with Gasteiger partial charge >= 0.3 is 0 Å². The molecule has 0 aliphatic carbocycles. The Labute approximate surface area is 200 Å². The first kappa shape index (κ1) is 22.9. The molecule has 2 fully saturated rings. The summed E-state index contributed by atoms with van der Waals surface area (Å²) in [4.78, 5) is 28.0. The van der Waals surface area contributed by atoms with Crippen molar-refractivity contribution in [2.45, 2.75) is 52.2 Å². The van der Waals surface area contributed by atoms with Crippen LogP contribution < -0.4 is 14.8 Å². The molecule has 1 aromatic carbocycles. The number of ketones is 1. The zero-order valence-corrected chi connectivity index (χ0v) is 20.0. The monoisotopic (exact) mass is 467 g/mol. The second kappa shape index (κ2) is 9.80. The van der Waals surface area contributed by atoms with Crippen LogP contribution >= 0.6 is 0 Å². The fraction of sp³-hybridized carbons (Fsp3) is 0.538. The van der Waals surface area contributed by atoms with Crippen LogP contribution in [0.4, 0.5) is 5.69 Å². The van der Waals surface area contributed by atoms with Crippen LogP contribution in [0.25, 0.3) is 0 Å². The second-order valence-electron chi connectivity index (χ2n) is 9.56. The Hall–Kier alpha value is -2.84. The summed E-state index contributed by atoms with van der Waals surface area (Å²) < 4.78 is 18.7. The summed E-state index contributed by atoms with van der Waals surface area (Å²) in [6, 6.07) is 7.44. The Kier molecular flexibility index (Phi) is 6.61. The van der Waals surface area contributed by atoms with Crippen molar-refractivity contribution in [2.75, 3.05) is 38.4 Å². The van der Waals surface area contributed by atoms with E-state index >= 15 is 0 Å². The van der Waals surface area contributed by atoms with Crippen molar-refractivity contribution < 1.29 is 23.8 Å². The van der Waals surface area contributed by atoms with E-state index < -0.39 is 0 Å². The molecule has 0 unspecified atom stereocenters. The Morgan fingerprint density at radius 2 is 1.85 bits per heavy atom. The van der Waals surface area contributed by atoms with Gasteiger partial charge in [-0.15, -0.1) is 0 Å². The molecule has 2 aromatic rings. The number of fused-ring (bicyclic) bond motifs is 1. The lowest BCUT2D eigenvalue weighted by Gasteiger charge is -2.30. The smallest absolute Gasteiger partial charge is 0.231 e. The number of rotatable bonds is 7. The van der Waals surface area contributed by atoms with Crippen LogP contribution in [0.2, 0.25) is 0 Å². The molecule has 0 spiro atoms. The largest absolute Gasteiger partial charge is 0.454 e. The van der Waals surface area contributed by atoms with Crippen LogP contribution in [0.1, 0.15) is 47.4 Å². The first-order valence-corrected chi connectivity index (χ1v) is 12.2. The lowest BCUT2D eigenvalue weighted by molar-refractivity contribution is -0.121. The van der Waals surface area contributed by atoms with E-state index in [-0.39, 0.29) is 30.5 Å². The number of hydrogen-bond donors (Lipinski definition) is 1. The molecule has 8 heteroatoms. The zero-order chi connectivity index (χ0) is 23.7. The quantitative estimate of drug-likeness (QED) is 0.628. The van der Waals surface area contributed by atoms with E-state index in [1.165, 1.54) is 0 Å². The first-order chi connectivity index (χ1) is 16.5. The van der Waals surface area contributed by atoms with Gasteiger partial charge in [-0.3, -0.25) is 14.5 Å². The maximum atomic E-state index is 13.1. The van der Waals surface area contributed by atoms with E-state index in [1.807, 2.05) is 25.1 Å². The van der Waals surface area contributed by atoms with Gasteiger partial charge in [0, 0.05) is 47.8 Å². The van der Waals surface area contributed by atoms with Crippen molar-refractivity contribution in [3.63, 3.8) is 0 Å². The minimum absolute atomic E-state index is 0.0162. The average molecular weight is 468 g/mol. The number of Topliss-reactive ketones (excluding diaryl/α,β-unsaturated/α-hetero) is 1. The molecule has 34 heavy (non-hydrogen) atoms. The van der Waals surface area contributed by atoms with E-state index in [9.17, 15) is 9.59 Å². The molecule has 4 heterocycles. The van der Waals surface area contributed by atoms with Crippen molar-refractivity contribution in [2.24, 2.45) is 5.92 Å². The summed E-state index contributed by atoms with van der Waals surface area (Å²) in [5.41, 5.74) is 3.65. The van der Waals surface area contributed by atoms with E-state index in [1.54, 1.807) is 6.07 Å². The minimum atomic E-state index is -0.0618. The van der Waals surface area contributed by atoms with Gasteiger partial charge in [-0.05, 0) is 70.8 Å². The third-order valence-corrected chi connectivity index (χ3v) is 7.25. The number of ether oxygens (including phenoxy) is 3. The number of nitrogens with zero attached hydrogens (tertiary/aromatic N) is 2. The fourth-order valence-corrected chi connectivity index (χ4v) is 5.22. The van der Waals surface area contributed by atoms with Gasteiger partial charge in [-0.25, -0.2) is 0 Å². The van der Waals surface area contributed by atoms with Crippen LogP contribution in [0.15, 0.2) is 24.3 Å². The zero-order valence-electron chi connectivity index (χ0n) is 20.0. The first-order valence-electron chi connectivity index (χ1n) is 12.2. The van der Waals surface area contributed by atoms with Crippen LogP contribution in [-0.4, -0.2) is 60.3 Å². The summed E-state index contributed by atoms with van der Waals surface area (Å²) >= 11 is 0. The van der Waals surface area contributed by atoms with Gasteiger partial charge in [0.15, 0.2) is 17.3 Å². The van der Waals surface area contributed by atoms with Gasteiger partial charge in [0.2, 0.25) is 12.7 Å². The summed E-state index contributed by atoms with van der Waals surface area (Å²) in [6.45, 7) is 7.81. The van der Waals surface area contributed by atoms with Gasteiger partial charge in [0.25, 0.3) is 0 Å². The molecule has 5 rings (SSSR count). The van der Waals surface area contributed by atoms with Crippen LogP contribution in [0.3, 0.4) is 0 Å². The number of hydrogen-bond acceptors (Lipinski definition) is 6. The summed E-state index contributed by atoms with van der Waals surface area (Å²) in [5, 5.41) is 3.00. The molecule has 3 aliphatic rings. The highest BCUT2D eigenvalue weighted by molar-refractivity contribution is 5.99. The van der Waals surface area contributed by atoms with E-state index in [2.05, 4.69) is 21.7 Å². The standard InChI is InChI=1S/C26H33N3O5/c1-17-12-22(18(2)29(17)14-21-4-3-11-32-21)23(30)15-28-9-7-19(8-10-28)26(31)27-20-5-6-24-25(13-20)34-16-33-24/h5-6,12-13,19,21H,3-4,7-11,14-16H2,1-2H3,(H,27,31)/t21-/m1/s1. The summed E-state index contributed by atoms with van der Waals surface area (Å²) in [7, 11) is 0. The molecule has 1 amide bonds.